The van der Waals surface area contributed by atoms with Crippen LogP contribution in [0.15, 0.2) is 76.5 Å². The van der Waals surface area contributed by atoms with Crippen LogP contribution in [0.3, 0.4) is 0 Å². The second-order valence-electron chi connectivity index (χ2n) is 9.90. The number of ether oxygens (including phenoxy) is 1. The van der Waals surface area contributed by atoms with Crippen molar-refractivity contribution in [1.82, 2.24) is 9.13 Å². The second-order valence-corrected chi connectivity index (χ2v) is 9.90. The molecule has 2 aromatic heterocycles. The number of esters is 1. The van der Waals surface area contributed by atoms with Crippen LogP contribution >= 0.6 is 0 Å². The summed E-state index contributed by atoms with van der Waals surface area (Å²) in [4.78, 5) is 58.8. The lowest BCUT2D eigenvalue weighted by atomic mass is 10.1. The molecule has 0 aliphatic rings. The number of para-hydroxylation sites is 2. The van der Waals surface area contributed by atoms with Gasteiger partial charge in [0.1, 0.15) is 11.2 Å². The van der Waals surface area contributed by atoms with Gasteiger partial charge in [-0.3, -0.25) is 14.4 Å². The molecular formula is C30H36N2O9. The van der Waals surface area contributed by atoms with Crippen LogP contribution in [0.25, 0.3) is 21.9 Å². The summed E-state index contributed by atoms with van der Waals surface area (Å²) < 4.78 is 17.5. The number of carbonyl (C=O) groups is 1. The number of hydrogen-bond acceptors (Lipinski definition) is 9. The summed E-state index contributed by atoms with van der Waals surface area (Å²) in [6, 6.07) is 13.4. The van der Waals surface area contributed by atoms with Gasteiger partial charge >= 0.3 is 17.5 Å². The highest BCUT2D eigenvalue weighted by atomic mass is 16.5. The van der Waals surface area contributed by atoms with Gasteiger partial charge in [-0.05, 0) is 76.6 Å². The van der Waals surface area contributed by atoms with E-state index in [0.29, 0.717) is 60.7 Å². The van der Waals surface area contributed by atoms with Gasteiger partial charge in [0.25, 0.3) is 11.1 Å². The third-order valence-corrected chi connectivity index (χ3v) is 6.42. The molecule has 4 aromatic rings. The first-order chi connectivity index (χ1) is 19.6. The fourth-order valence-electron chi connectivity index (χ4n) is 4.36. The molecular weight excluding hydrogens is 532 g/mol. The lowest BCUT2D eigenvalue weighted by Gasteiger charge is -2.11. The summed E-state index contributed by atoms with van der Waals surface area (Å²) in [7, 11) is 0. The van der Waals surface area contributed by atoms with Gasteiger partial charge < -0.3 is 18.7 Å². The van der Waals surface area contributed by atoms with Crippen LogP contribution < -0.4 is 22.6 Å². The zero-order valence-electron chi connectivity index (χ0n) is 23.5. The Morgan fingerprint density at radius 3 is 1.63 bits per heavy atom. The Labute approximate surface area is 235 Å². The van der Waals surface area contributed by atoms with Crippen molar-refractivity contribution in [2.45, 2.75) is 84.6 Å². The van der Waals surface area contributed by atoms with E-state index in [9.17, 15) is 24.0 Å². The van der Waals surface area contributed by atoms with E-state index in [1.54, 1.807) is 55.5 Å². The van der Waals surface area contributed by atoms with Gasteiger partial charge in [0.05, 0.1) is 23.0 Å². The number of carbonyl (C=O) groups excluding carboxylic acids is 1. The van der Waals surface area contributed by atoms with Crippen molar-refractivity contribution in [2.24, 2.45) is 0 Å². The molecule has 4 rings (SSSR count). The Morgan fingerprint density at radius 1 is 0.756 bits per heavy atom. The van der Waals surface area contributed by atoms with Gasteiger partial charge in [0.2, 0.25) is 0 Å². The fraction of sp³-hybridized carbons (Fsp3) is 0.433. The number of rotatable bonds is 11. The zero-order chi connectivity index (χ0) is 29.9. The quantitative estimate of drug-likeness (QED) is 0.211. The van der Waals surface area contributed by atoms with E-state index in [1.165, 1.54) is 6.92 Å². The van der Waals surface area contributed by atoms with E-state index < -0.39 is 11.5 Å². The molecule has 0 spiro atoms. The van der Waals surface area contributed by atoms with Crippen molar-refractivity contribution in [2.75, 3.05) is 0 Å². The van der Waals surface area contributed by atoms with Gasteiger partial charge in [-0.25, -0.2) is 18.7 Å². The minimum Gasteiger partial charge on any atom is -0.463 e. The molecule has 2 heterocycles. The lowest BCUT2D eigenvalue weighted by Crippen LogP contribution is -2.32. The number of hydrogen-bond donors (Lipinski definition) is 1. The van der Waals surface area contributed by atoms with Crippen LogP contribution in [0.1, 0.15) is 59.3 Å². The van der Waals surface area contributed by atoms with Crippen LogP contribution in [0.2, 0.25) is 0 Å². The molecule has 220 valence electrons. The topological polar surface area (TPSA) is 151 Å². The molecule has 2 aromatic carbocycles. The van der Waals surface area contributed by atoms with Crippen LogP contribution in [-0.2, 0) is 22.6 Å². The average molecular weight is 569 g/mol. The Balaban J connectivity index is 0.000000228. The van der Waals surface area contributed by atoms with E-state index >= 15 is 0 Å². The fourth-order valence-corrected chi connectivity index (χ4v) is 4.36. The molecule has 0 radical (unpaired) electrons. The van der Waals surface area contributed by atoms with E-state index in [2.05, 4.69) is 0 Å². The van der Waals surface area contributed by atoms with E-state index in [-0.39, 0.29) is 29.3 Å². The number of benzene rings is 2. The molecule has 11 nitrogen and oxygen atoms in total. The molecule has 11 heteroatoms. The zero-order valence-corrected chi connectivity index (χ0v) is 23.5. The van der Waals surface area contributed by atoms with Gasteiger partial charge in [0, 0.05) is 20.0 Å². The maximum absolute atomic E-state index is 12.3. The molecule has 0 aliphatic carbocycles. The molecule has 0 fully saturated rings. The first-order valence-corrected chi connectivity index (χ1v) is 13.7. The van der Waals surface area contributed by atoms with Crippen molar-refractivity contribution in [1.29, 1.82) is 0 Å². The number of unbranched alkanes of at least 4 members (excludes halogenated alkanes) is 2. The second kappa shape index (κ2) is 14.9. The first kappa shape index (κ1) is 31.3. The number of nitrogens with zero attached hydrogens (tertiary/aromatic N) is 2. The third-order valence-electron chi connectivity index (χ3n) is 6.42. The molecule has 0 amide bonds. The maximum Gasteiger partial charge on any atom is 0.422 e. The minimum absolute atomic E-state index is 0.165. The summed E-state index contributed by atoms with van der Waals surface area (Å²) in [5.74, 6) is -1.57. The Bertz CT molecular complexity index is 1690. The Morgan fingerprint density at radius 2 is 1.20 bits per heavy atom. The average Bonchev–Trinajstić information content (AvgIpc) is 2.92. The lowest BCUT2D eigenvalue weighted by molar-refractivity contribution is -0.145. The summed E-state index contributed by atoms with van der Waals surface area (Å²) in [5.41, 5.74) is -0.0289. The maximum atomic E-state index is 12.3. The van der Waals surface area contributed by atoms with Crippen molar-refractivity contribution < 1.29 is 23.5 Å². The number of fused-ring (bicyclic) bond motifs is 2. The number of aliphatic hydroxyl groups is 1. The van der Waals surface area contributed by atoms with Gasteiger partial charge in [-0.1, -0.05) is 24.3 Å². The largest absolute Gasteiger partial charge is 0.463 e. The number of aromatic nitrogens is 2. The van der Waals surface area contributed by atoms with Gasteiger partial charge in [-0.15, -0.1) is 0 Å². The van der Waals surface area contributed by atoms with Crippen LogP contribution in [0, 0.1) is 0 Å². The van der Waals surface area contributed by atoms with E-state index in [4.69, 9.17) is 18.7 Å². The Hall–Kier alpha value is -4.25. The van der Waals surface area contributed by atoms with E-state index in [1.807, 2.05) is 6.92 Å². The predicted octanol–water partition coefficient (Wildman–Crippen LogP) is 3.58. The van der Waals surface area contributed by atoms with Crippen molar-refractivity contribution in [3.8, 4) is 0 Å². The number of aliphatic hydroxyl groups excluding tert-OH is 1. The molecule has 0 bridgehead atoms. The third kappa shape index (κ3) is 8.87. The van der Waals surface area contributed by atoms with Crippen molar-refractivity contribution in [3.63, 3.8) is 0 Å². The highest BCUT2D eigenvalue weighted by Crippen LogP contribution is 2.09. The highest BCUT2D eigenvalue weighted by molar-refractivity contribution is 5.75. The van der Waals surface area contributed by atoms with Crippen LogP contribution in [0.4, 0.5) is 0 Å². The van der Waals surface area contributed by atoms with Crippen LogP contribution in [0.5, 0.6) is 0 Å². The molecule has 41 heavy (non-hydrogen) atoms. The summed E-state index contributed by atoms with van der Waals surface area (Å²) in [5, 5.41) is 9.96. The first-order valence-electron chi connectivity index (χ1n) is 13.7. The summed E-state index contributed by atoms with van der Waals surface area (Å²) in [6.45, 7) is 5.52. The molecule has 2 atom stereocenters. The standard InChI is InChI=1S/C16H19NO5.C14H17NO4/c1-11(21-12(2)18)7-5-6-10-17-15(19)13-8-3-4-9-14(13)22-16(17)20;1-10(16)6-4-5-9-15-13(17)11-7-2-3-8-12(11)19-14(15)18/h3-4,8-9,11H,5-7,10H2,1-2H3;2-3,7-8,10,16H,4-6,9H2,1H3. The molecule has 0 saturated carbocycles. The summed E-state index contributed by atoms with van der Waals surface area (Å²) in [6.07, 6.45) is 3.62. The highest BCUT2D eigenvalue weighted by Gasteiger charge is 2.11. The summed E-state index contributed by atoms with van der Waals surface area (Å²) >= 11 is 0. The molecule has 1 N–H and O–H groups in total. The Kier molecular flexibility index (Phi) is 11.4. The molecule has 0 saturated heterocycles. The normalized spacial score (nSPS) is 12.5. The molecule has 2 unspecified atom stereocenters. The smallest absolute Gasteiger partial charge is 0.422 e. The SMILES string of the molecule is CC(=O)OC(C)CCCCn1c(=O)oc2ccccc2c1=O.CC(O)CCCCn1c(=O)oc2ccccc2c1=O. The van der Waals surface area contributed by atoms with Crippen LogP contribution in [-0.4, -0.2) is 32.4 Å². The minimum atomic E-state index is -0.642. The predicted molar refractivity (Wildman–Crippen MR) is 154 cm³/mol. The monoisotopic (exact) mass is 568 g/mol. The van der Waals surface area contributed by atoms with Crippen molar-refractivity contribution >= 4 is 27.9 Å². The van der Waals surface area contributed by atoms with E-state index in [0.717, 1.165) is 22.0 Å². The molecule has 0 aliphatic heterocycles. The van der Waals surface area contributed by atoms with Gasteiger partial charge in [0.15, 0.2) is 0 Å². The van der Waals surface area contributed by atoms with Crippen molar-refractivity contribution in [3.05, 3.63) is 90.3 Å². The van der Waals surface area contributed by atoms with Gasteiger partial charge in [-0.2, -0.15) is 0 Å².